The van der Waals surface area contributed by atoms with Crippen LogP contribution in [-0.2, 0) is 14.3 Å². The average Bonchev–Trinajstić information content (AvgIpc) is 3.06. The molecule has 2 unspecified atom stereocenters. The van der Waals surface area contributed by atoms with E-state index in [1.807, 2.05) is 30.0 Å². The molecular formula is C20H24N6O3. The normalized spacial score (nSPS) is 23.6. The number of amides is 2. The number of primary amides is 2. The smallest absolute Gasteiger partial charge is 0.246 e. The van der Waals surface area contributed by atoms with E-state index in [0.29, 0.717) is 24.8 Å². The third kappa shape index (κ3) is 2.80. The van der Waals surface area contributed by atoms with Crippen LogP contribution in [0, 0.1) is 5.92 Å². The Morgan fingerprint density at radius 3 is 2.72 bits per heavy atom. The van der Waals surface area contributed by atoms with Crippen LogP contribution in [0.5, 0.6) is 0 Å². The Labute approximate surface area is 168 Å². The van der Waals surface area contributed by atoms with Crippen molar-refractivity contribution in [3.05, 3.63) is 42.2 Å². The highest BCUT2D eigenvalue weighted by atomic mass is 16.5. The van der Waals surface area contributed by atoms with Gasteiger partial charge in [0.15, 0.2) is 11.4 Å². The van der Waals surface area contributed by atoms with Crippen LogP contribution in [0.3, 0.4) is 0 Å². The first kappa shape index (κ1) is 19.1. The first-order valence-electron chi connectivity index (χ1n) is 9.45. The lowest BCUT2D eigenvalue weighted by molar-refractivity contribution is -0.130. The van der Waals surface area contributed by atoms with Crippen LogP contribution >= 0.6 is 0 Å². The van der Waals surface area contributed by atoms with Gasteiger partial charge in [0, 0.05) is 31.5 Å². The molecule has 1 saturated heterocycles. The maximum Gasteiger partial charge on any atom is 0.246 e. The molecule has 2 aromatic heterocycles. The molecule has 2 amide bonds. The largest absolute Gasteiger partial charge is 0.384 e. The minimum Gasteiger partial charge on any atom is -0.384 e. The maximum atomic E-state index is 12.8. The second kappa shape index (κ2) is 7.00. The van der Waals surface area contributed by atoms with Gasteiger partial charge in [-0.1, -0.05) is 13.0 Å². The lowest BCUT2D eigenvalue weighted by atomic mass is 9.83. The molecule has 152 valence electrons. The number of rotatable bonds is 6. The van der Waals surface area contributed by atoms with Gasteiger partial charge in [0.1, 0.15) is 5.82 Å². The molecule has 0 aliphatic carbocycles. The third-order valence-corrected chi connectivity index (χ3v) is 5.81. The van der Waals surface area contributed by atoms with Crippen LogP contribution < -0.4 is 21.3 Å². The van der Waals surface area contributed by atoms with E-state index in [-0.39, 0.29) is 12.5 Å². The maximum absolute atomic E-state index is 12.8. The first-order chi connectivity index (χ1) is 13.9. The number of nitrogens with two attached hydrogens (primary N) is 2. The van der Waals surface area contributed by atoms with Gasteiger partial charge >= 0.3 is 0 Å². The van der Waals surface area contributed by atoms with E-state index in [9.17, 15) is 9.59 Å². The number of hydrogen-bond acceptors (Lipinski definition) is 7. The fourth-order valence-electron chi connectivity index (χ4n) is 4.40. The van der Waals surface area contributed by atoms with Crippen molar-refractivity contribution in [1.29, 1.82) is 0 Å². The fourth-order valence-corrected chi connectivity index (χ4v) is 4.40. The molecular weight excluding hydrogens is 372 g/mol. The number of hydrogen-bond donors (Lipinski definition) is 2. The molecule has 2 aromatic rings. The van der Waals surface area contributed by atoms with Gasteiger partial charge < -0.3 is 21.1 Å². The van der Waals surface area contributed by atoms with Gasteiger partial charge in [0.25, 0.3) is 0 Å². The molecule has 1 fully saturated rings. The van der Waals surface area contributed by atoms with Crippen molar-refractivity contribution in [3.8, 4) is 0 Å². The number of anilines is 3. The quantitative estimate of drug-likeness (QED) is 0.729. The molecule has 0 saturated carbocycles. The van der Waals surface area contributed by atoms with E-state index in [2.05, 4.69) is 4.98 Å². The second-order valence-corrected chi connectivity index (χ2v) is 7.58. The zero-order chi connectivity index (χ0) is 20.8. The summed E-state index contributed by atoms with van der Waals surface area (Å²) < 4.78 is 5.26. The summed E-state index contributed by atoms with van der Waals surface area (Å²) in [4.78, 5) is 38.1. The summed E-state index contributed by atoms with van der Waals surface area (Å²) in [6, 6.07) is 9.26. The summed E-state index contributed by atoms with van der Waals surface area (Å²) in [5.41, 5.74) is 11.9. The molecule has 0 aromatic carbocycles. The van der Waals surface area contributed by atoms with Gasteiger partial charge in [-0.05, 0) is 24.3 Å². The fraction of sp³-hybridized carbons (Fsp3) is 0.400. The molecule has 4 N–H and O–H groups in total. The van der Waals surface area contributed by atoms with E-state index in [4.69, 9.17) is 21.2 Å². The third-order valence-electron chi connectivity index (χ3n) is 5.81. The van der Waals surface area contributed by atoms with Crippen molar-refractivity contribution in [3.63, 3.8) is 0 Å². The number of aromatic nitrogens is 2. The van der Waals surface area contributed by atoms with Crippen molar-refractivity contribution in [2.24, 2.45) is 17.4 Å². The Hall–Kier alpha value is -3.20. The van der Waals surface area contributed by atoms with Gasteiger partial charge in [-0.2, -0.15) is 0 Å². The van der Waals surface area contributed by atoms with Crippen LogP contribution in [0.15, 0.2) is 36.5 Å². The SMILES string of the molecule is COCC(C)c1ccc2c(n1)N(c1ccccn1)[C@]1(C(N)=O)CN2CC1C(N)=O. The Bertz CT molecular complexity index is 952. The Morgan fingerprint density at radius 2 is 2.10 bits per heavy atom. The van der Waals surface area contributed by atoms with E-state index in [1.165, 1.54) is 0 Å². The van der Waals surface area contributed by atoms with E-state index < -0.39 is 23.3 Å². The first-order valence-corrected chi connectivity index (χ1v) is 9.45. The van der Waals surface area contributed by atoms with Crippen molar-refractivity contribution >= 4 is 29.1 Å². The zero-order valence-electron chi connectivity index (χ0n) is 16.4. The summed E-state index contributed by atoms with van der Waals surface area (Å²) in [6.45, 7) is 3.05. The van der Waals surface area contributed by atoms with Gasteiger partial charge in [-0.15, -0.1) is 0 Å². The molecule has 2 aliphatic rings. The van der Waals surface area contributed by atoms with Crippen LogP contribution in [0.25, 0.3) is 0 Å². The average molecular weight is 396 g/mol. The number of fused-ring (bicyclic) bond motifs is 4. The highest BCUT2D eigenvalue weighted by Gasteiger charge is 2.62. The van der Waals surface area contributed by atoms with Crippen molar-refractivity contribution < 1.29 is 14.3 Å². The Balaban J connectivity index is 1.96. The van der Waals surface area contributed by atoms with Crippen molar-refractivity contribution in [2.45, 2.75) is 18.4 Å². The van der Waals surface area contributed by atoms with Gasteiger partial charge in [0.2, 0.25) is 11.8 Å². The summed E-state index contributed by atoms with van der Waals surface area (Å²) in [5, 5.41) is 0. The molecule has 2 bridgehead atoms. The van der Waals surface area contributed by atoms with Crippen molar-refractivity contribution in [2.75, 3.05) is 36.6 Å². The Kier molecular flexibility index (Phi) is 4.62. The summed E-state index contributed by atoms with van der Waals surface area (Å²) in [7, 11) is 1.64. The predicted octanol–water partition coefficient (Wildman–Crippen LogP) is 0.524. The summed E-state index contributed by atoms with van der Waals surface area (Å²) in [5.74, 6) is -0.925. The molecule has 29 heavy (non-hydrogen) atoms. The number of pyridine rings is 2. The number of ether oxygens (including phenoxy) is 1. The number of carbonyl (C=O) groups is 2. The molecule has 9 nitrogen and oxygen atoms in total. The summed E-state index contributed by atoms with van der Waals surface area (Å²) >= 11 is 0. The summed E-state index contributed by atoms with van der Waals surface area (Å²) in [6.07, 6.45) is 1.63. The topological polar surface area (TPSA) is 128 Å². The minimum absolute atomic E-state index is 0.0435. The Morgan fingerprint density at radius 1 is 1.31 bits per heavy atom. The monoisotopic (exact) mass is 396 g/mol. The molecule has 9 heteroatoms. The van der Waals surface area contributed by atoms with Crippen molar-refractivity contribution in [1.82, 2.24) is 9.97 Å². The molecule has 4 heterocycles. The lowest BCUT2D eigenvalue weighted by Crippen LogP contribution is -2.65. The number of carbonyl (C=O) groups excluding carboxylic acids is 2. The highest BCUT2D eigenvalue weighted by Crippen LogP contribution is 2.50. The van der Waals surface area contributed by atoms with Crippen LogP contribution in [0.4, 0.5) is 17.3 Å². The number of nitrogens with zero attached hydrogens (tertiary/aromatic N) is 4. The number of methoxy groups -OCH3 is 1. The molecule has 0 spiro atoms. The van der Waals surface area contributed by atoms with Gasteiger partial charge in [-0.25, -0.2) is 9.97 Å². The minimum atomic E-state index is -1.36. The lowest BCUT2D eigenvalue weighted by Gasteiger charge is -2.45. The highest BCUT2D eigenvalue weighted by molar-refractivity contribution is 6.02. The van der Waals surface area contributed by atoms with E-state index >= 15 is 0 Å². The molecule has 3 atom stereocenters. The standard InChI is InChI=1S/C20H24N6O3/c1-12(10-29-2)14-6-7-15-18(24-14)26(16-5-3-4-8-23-16)20(19(22)28)11-25(15)9-13(20)17(21)27/h3-8,12-13H,9-11H2,1-2H3,(H2,21,27)(H2,22,28)/t12?,13?,20-/m1/s1. The van der Waals surface area contributed by atoms with Crippen LogP contribution in [-0.4, -0.2) is 54.1 Å². The van der Waals surface area contributed by atoms with E-state index in [1.54, 1.807) is 30.3 Å². The van der Waals surface area contributed by atoms with E-state index in [0.717, 1.165) is 11.4 Å². The van der Waals surface area contributed by atoms with Gasteiger partial charge in [-0.3, -0.25) is 14.5 Å². The second-order valence-electron chi connectivity index (χ2n) is 7.58. The van der Waals surface area contributed by atoms with Crippen LogP contribution in [0.1, 0.15) is 18.5 Å². The predicted molar refractivity (Wildman–Crippen MR) is 108 cm³/mol. The molecule has 2 aliphatic heterocycles. The zero-order valence-corrected chi connectivity index (χ0v) is 16.4. The molecule has 4 rings (SSSR count). The molecule has 0 radical (unpaired) electrons. The van der Waals surface area contributed by atoms with Gasteiger partial charge in [0.05, 0.1) is 24.8 Å². The van der Waals surface area contributed by atoms with Crippen LogP contribution in [0.2, 0.25) is 0 Å².